The van der Waals surface area contributed by atoms with Gasteiger partial charge in [0.1, 0.15) is 5.82 Å². The lowest BCUT2D eigenvalue weighted by Crippen LogP contribution is -2.36. The number of ether oxygens (including phenoxy) is 1. The molecule has 0 unspecified atom stereocenters. The molecule has 1 aliphatic rings. The summed E-state index contributed by atoms with van der Waals surface area (Å²) in [6.45, 7) is 1.97. The first-order chi connectivity index (χ1) is 11.0. The highest BCUT2D eigenvalue weighted by molar-refractivity contribution is 9.10. The van der Waals surface area contributed by atoms with Gasteiger partial charge in [-0.2, -0.15) is 0 Å². The number of nitrogens with zero attached hydrogens (tertiary/aromatic N) is 2. The normalized spacial score (nSPS) is 15.6. The Kier molecular flexibility index (Phi) is 6.15. The monoisotopic (exact) mass is 384 g/mol. The molecule has 0 radical (unpaired) electrons. The number of hydrogen-bond acceptors (Lipinski definition) is 3. The van der Waals surface area contributed by atoms with Gasteiger partial charge in [-0.25, -0.2) is 9.18 Å². The van der Waals surface area contributed by atoms with Crippen LogP contribution in [0.25, 0.3) is 6.08 Å². The molecule has 1 aromatic carbocycles. The van der Waals surface area contributed by atoms with Crippen LogP contribution in [0.3, 0.4) is 0 Å². The summed E-state index contributed by atoms with van der Waals surface area (Å²) in [4.78, 5) is 27.0. The molecule has 124 valence electrons. The van der Waals surface area contributed by atoms with Crippen molar-refractivity contribution in [2.75, 3.05) is 33.3 Å². The molecule has 1 aliphatic heterocycles. The summed E-state index contributed by atoms with van der Waals surface area (Å²) >= 11 is 3.27. The molecule has 1 aromatic rings. The van der Waals surface area contributed by atoms with Crippen molar-refractivity contribution < 1.29 is 18.7 Å². The maximum atomic E-state index is 13.7. The summed E-state index contributed by atoms with van der Waals surface area (Å²) in [6.07, 6.45) is 3.12. The van der Waals surface area contributed by atoms with Gasteiger partial charge in [-0.15, -0.1) is 0 Å². The van der Waals surface area contributed by atoms with Crippen LogP contribution in [0.5, 0.6) is 0 Å². The molecule has 1 heterocycles. The first kappa shape index (κ1) is 17.5. The topological polar surface area (TPSA) is 49.9 Å². The fourth-order valence-corrected chi connectivity index (χ4v) is 2.74. The quantitative estimate of drug-likeness (QED) is 0.736. The lowest BCUT2D eigenvalue weighted by molar-refractivity contribution is -0.125. The highest BCUT2D eigenvalue weighted by atomic mass is 79.9. The van der Waals surface area contributed by atoms with Gasteiger partial charge in [-0.05, 0) is 30.7 Å². The second kappa shape index (κ2) is 8.10. The molecule has 1 fully saturated rings. The van der Waals surface area contributed by atoms with Crippen LogP contribution in [0.15, 0.2) is 28.7 Å². The van der Waals surface area contributed by atoms with E-state index < -0.39 is 0 Å². The third-order valence-corrected chi connectivity index (χ3v) is 4.10. The van der Waals surface area contributed by atoms with E-state index in [-0.39, 0.29) is 17.8 Å². The number of amides is 2. The third-order valence-electron chi connectivity index (χ3n) is 3.60. The smallest absolute Gasteiger partial charge is 0.409 e. The van der Waals surface area contributed by atoms with Crippen molar-refractivity contribution in [2.45, 2.75) is 6.42 Å². The van der Waals surface area contributed by atoms with E-state index >= 15 is 0 Å². The molecule has 23 heavy (non-hydrogen) atoms. The van der Waals surface area contributed by atoms with Gasteiger partial charge in [0.15, 0.2) is 0 Å². The zero-order valence-corrected chi connectivity index (χ0v) is 14.4. The molecule has 7 heteroatoms. The maximum Gasteiger partial charge on any atom is 0.409 e. The lowest BCUT2D eigenvalue weighted by Gasteiger charge is -2.20. The minimum atomic E-state index is -0.384. The second-order valence-electron chi connectivity index (χ2n) is 5.14. The number of carbonyl (C=O) groups is 2. The molecule has 2 amide bonds. The average Bonchev–Trinajstić information content (AvgIpc) is 2.80. The number of carbonyl (C=O) groups excluding carboxylic acids is 2. The lowest BCUT2D eigenvalue weighted by atomic mass is 10.2. The molecule has 1 saturated heterocycles. The molecule has 5 nitrogen and oxygen atoms in total. The van der Waals surface area contributed by atoms with Crippen molar-refractivity contribution in [3.63, 3.8) is 0 Å². The Morgan fingerprint density at radius 2 is 1.91 bits per heavy atom. The second-order valence-corrected chi connectivity index (χ2v) is 6.05. The minimum Gasteiger partial charge on any atom is -0.453 e. The zero-order chi connectivity index (χ0) is 16.8. The molecule has 0 aromatic heterocycles. The molecule has 0 aliphatic carbocycles. The van der Waals surface area contributed by atoms with Crippen LogP contribution >= 0.6 is 15.9 Å². The van der Waals surface area contributed by atoms with Gasteiger partial charge in [0, 0.05) is 42.3 Å². The molecule has 2 rings (SSSR count). The van der Waals surface area contributed by atoms with Crippen LogP contribution < -0.4 is 0 Å². The van der Waals surface area contributed by atoms with Crippen molar-refractivity contribution in [1.29, 1.82) is 0 Å². The van der Waals surface area contributed by atoms with Gasteiger partial charge >= 0.3 is 6.09 Å². The van der Waals surface area contributed by atoms with Crippen LogP contribution in [0.1, 0.15) is 12.0 Å². The number of halogens is 2. The van der Waals surface area contributed by atoms with Crippen LogP contribution in [0.4, 0.5) is 9.18 Å². The van der Waals surface area contributed by atoms with Gasteiger partial charge < -0.3 is 14.5 Å². The Morgan fingerprint density at radius 1 is 1.22 bits per heavy atom. The van der Waals surface area contributed by atoms with Crippen molar-refractivity contribution >= 4 is 34.0 Å². The number of hydrogen-bond donors (Lipinski definition) is 0. The highest BCUT2D eigenvalue weighted by Crippen LogP contribution is 2.17. The van der Waals surface area contributed by atoms with Crippen molar-refractivity contribution in [3.8, 4) is 0 Å². The molecule has 0 spiro atoms. The predicted molar refractivity (Wildman–Crippen MR) is 88.3 cm³/mol. The molecular formula is C16H18BrFN2O3. The van der Waals surface area contributed by atoms with Gasteiger partial charge in [0.05, 0.1) is 7.11 Å². The van der Waals surface area contributed by atoms with Gasteiger partial charge in [-0.1, -0.05) is 15.9 Å². The van der Waals surface area contributed by atoms with Crippen LogP contribution in [-0.2, 0) is 9.53 Å². The van der Waals surface area contributed by atoms with E-state index in [0.29, 0.717) is 38.2 Å². The predicted octanol–water partition coefficient (Wildman–Crippen LogP) is 2.90. The highest BCUT2D eigenvalue weighted by Gasteiger charge is 2.21. The Balaban J connectivity index is 1.99. The van der Waals surface area contributed by atoms with Crippen molar-refractivity contribution in [3.05, 3.63) is 40.1 Å². The Morgan fingerprint density at radius 3 is 2.65 bits per heavy atom. The summed E-state index contributed by atoms with van der Waals surface area (Å²) in [5, 5.41) is 0. The SMILES string of the molecule is COC(=O)N1CCCN(C(=O)/C=C/c2cc(Br)ccc2F)CC1. The van der Waals surface area contributed by atoms with E-state index in [1.54, 1.807) is 21.9 Å². The van der Waals surface area contributed by atoms with Gasteiger partial charge in [-0.3, -0.25) is 4.79 Å². The fourth-order valence-electron chi connectivity index (χ4n) is 2.36. The number of benzene rings is 1. The van der Waals surface area contributed by atoms with Gasteiger partial charge in [0.25, 0.3) is 0 Å². The van der Waals surface area contributed by atoms with E-state index in [0.717, 1.165) is 4.47 Å². The largest absolute Gasteiger partial charge is 0.453 e. The number of rotatable bonds is 2. The van der Waals surface area contributed by atoms with Crippen molar-refractivity contribution in [2.24, 2.45) is 0 Å². The van der Waals surface area contributed by atoms with E-state index in [1.807, 2.05) is 0 Å². The molecular weight excluding hydrogens is 367 g/mol. The average molecular weight is 385 g/mol. The minimum absolute atomic E-state index is 0.198. The fraction of sp³-hybridized carbons (Fsp3) is 0.375. The Hall–Kier alpha value is -1.89. The first-order valence-electron chi connectivity index (χ1n) is 7.26. The van der Waals surface area contributed by atoms with E-state index in [1.165, 1.54) is 25.3 Å². The summed E-state index contributed by atoms with van der Waals surface area (Å²) < 4.78 is 19.1. The Labute approximate surface area is 142 Å². The third kappa shape index (κ3) is 4.79. The van der Waals surface area contributed by atoms with E-state index in [2.05, 4.69) is 15.9 Å². The van der Waals surface area contributed by atoms with E-state index in [4.69, 9.17) is 4.74 Å². The van der Waals surface area contributed by atoms with Crippen LogP contribution in [-0.4, -0.2) is 55.1 Å². The number of methoxy groups -OCH3 is 1. The van der Waals surface area contributed by atoms with Gasteiger partial charge in [0.2, 0.25) is 5.91 Å². The summed E-state index contributed by atoms with van der Waals surface area (Å²) in [7, 11) is 1.34. The zero-order valence-electron chi connectivity index (χ0n) is 12.8. The standard InChI is InChI=1S/C16H18BrFN2O3/c1-23-16(22)20-8-2-7-19(9-10-20)15(21)6-3-12-11-13(17)4-5-14(12)18/h3-6,11H,2,7-10H2,1H3/b6-3+. The first-order valence-corrected chi connectivity index (χ1v) is 8.05. The molecule has 0 saturated carbocycles. The van der Waals surface area contributed by atoms with Crippen LogP contribution in [0, 0.1) is 5.82 Å². The van der Waals surface area contributed by atoms with Crippen LogP contribution in [0.2, 0.25) is 0 Å². The van der Waals surface area contributed by atoms with E-state index in [9.17, 15) is 14.0 Å². The summed E-state index contributed by atoms with van der Waals surface area (Å²) in [5.41, 5.74) is 0.346. The molecule has 0 atom stereocenters. The molecule has 0 N–H and O–H groups in total. The summed E-state index contributed by atoms with van der Waals surface area (Å²) in [5.74, 6) is -0.582. The Bertz CT molecular complexity index is 621. The molecule has 0 bridgehead atoms. The van der Waals surface area contributed by atoms with Crippen molar-refractivity contribution in [1.82, 2.24) is 9.80 Å². The maximum absolute atomic E-state index is 13.7. The summed E-state index contributed by atoms with van der Waals surface area (Å²) in [6, 6.07) is 4.56.